The number of Topliss-reactive ketones (excluding diaryl/α,β-unsaturated/α-hetero) is 1. The normalized spacial score (nSPS) is 22.2. The lowest BCUT2D eigenvalue weighted by Gasteiger charge is -2.11. The molecule has 0 spiro atoms. The number of rotatable bonds is 4. The van der Waals surface area contributed by atoms with Crippen molar-refractivity contribution in [2.45, 2.75) is 32.2 Å². The van der Waals surface area contributed by atoms with Crippen LogP contribution in [0.2, 0.25) is 0 Å². The van der Waals surface area contributed by atoms with Gasteiger partial charge in [-0.15, -0.1) is 0 Å². The molecule has 0 bridgehead atoms. The van der Waals surface area contributed by atoms with Crippen LogP contribution in [0.25, 0.3) is 0 Å². The number of aromatic nitrogens is 1. The zero-order chi connectivity index (χ0) is 14.0. The fourth-order valence-electron chi connectivity index (χ4n) is 2.33. The number of aliphatic carboxylic acids is 1. The minimum Gasteiger partial charge on any atom is -0.481 e. The van der Waals surface area contributed by atoms with Crippen molar-refractivity contribution in [2.24, 2.45) is 5.92 Å². The molecule has 6 heteroatoms. The van der Waals surface area contributed by atoms with Crippen LogP contribution in [-0.2, 0) is 4.79 Å². The Morgan fingerprint density at radius 1 is 1.37 bits per heavy atom. The zero-order valence-corrected chi connectivity index (χ0v) is 10.6. The third-order valence-corrected chi connectivity index (χ3v) is 3.45. The predicted molar refractivity (Wildman–Crippen MR) is 67.0 cm³/mol. The summed E-state index contributed by atoms with van der Waals surface area (Å²) >= 11 is 0. The van der Waals surface area contributed by atoms with Gasteiger partial charge in [-0.2, -0.15) is 0 Å². The molecule has 1 aliphatic carbocycles. The quantitative estimate of drug-likeness (QED) is 0.711. The van der Waals surface area contributed by atoms with E-state index in [1.807, 2.05) is 0 Å². The molecule has 0 aromatic carbocycles. The highest BCUT2D eigenvalue weighted by atomic mass is 16.4. The third-order valence-electron chi connectivity index (χ3n) is 3.45. The van der Waals surface area contributed by atoms with Crippen LogP contribution in [-0.4, -0.2) is 33.8 Å². The smallest absolute Gasteiger partial charge is 0.306 e. The number of aromatic amines is 1. The van der Waals surface area contributed by atoms with Crippen molar-refractivity contribution in [3.63, 3.8) is 0 Å². The molecule has 2 atom stereocenters. The summed E-state index contributed by atoms with van der Waals surface area (Å²) in [6.45, 7) is 1.43. The number of carboxylic acids is 1. The fourth-order valence-corrected chi connectivity index (χ4v) is 2.33. The number of hydrogen-bond donors (Lipinski definition) is 3. The molecule has 102 valence electrons. The summed E-state index contributed by atoms with van der Waals surface area (Å²) in [7, 11) is 0. The Labute approximate surface area is 110 Å². The molecule has 3 N–H and O–H groups in total. The Balaban J connectivity index is 1.94. The van der Waals surface area contributed by atoms with Gasteiger partial charge >= 0.3 is 5.97 Å². The lowest BCUT2D eigenvalue weighted by molar-refractivity contribution is -0.141. The Morgan fingerprint density at radius 2 is 2.11 bits per heavy atom. The maximum atomic E-state index is 11.9. The first kappa shape index (κ1) is 13.3. The van der Waals surface area contributed by atoms with E-state index in [1.165, 1.54) is 19.2 Å². The summed E-state index contributed by atoms with van der Waals surface area (Å²) in [5, 5.41) is 11.7. The molecule has 1 heterocycles. The minimum atomic E-state index is -0.810. The van der Waals surface area contributed by atoms with Gasteiger partial charge in [-0.1, -0.05) is 0 Å². The van der Waals surface area contributed by atoms with Crippen LogP contribution in [0.4, 0.5) is 0 Å². The molecule has 19 heavy (non-hydrogen) atoms. The molecule has 0 aliphatic heterocycles. The molecule has 0 saturated heterocycles. The van der Waals surface area contributed by atoms with E-state index in [4.69, 9.17) is 5.11 Å². The van der Waals surface area contributed by atoms with Crippen molar-refractivity contribution in [3.8, 4) is 0 Å². The molecule has 1 amide bonds. The highest BCUT2D eigenvalue weighted by molar-refractivity contribution is 5.99. The van der Waals surface area contributed by atoms with Crippen LogP contribution in [0.3, 0.4) is 0 Å². The molecule has 1 aromatic rings. The van der Waals surface area contributed by atoms with Crippen LogP contribution in [0, 0.1) is 5.92 Å². The van der Waals surface area contributed by atoms with E-state index in [9.17, 15) is 14.4 Å². The maximum absolute atomic E-state index is 11.9. The molecular weight excluding hydrogens is 248 g/mol. The number of amides is 1. The first-order valence-electron chi connectivity index (χ1n) is 6.20. The van der Waals surface area contributed by atoms with Crippen LogP contribution < -0.4 is 5.32 Å². The molecule has 1 aromatic heterocycles. The standard InChI is InChI=1S/C13H16N2O4/c1-7(16)9-5-11(14-6-9)12(17)15-10-3-2-8(4-10)13(18)19/h5-6,8,10,14H,2-4H2,1H3,(H,15,17)(H,18,19)/t8-,10+/m0/s1. The largest absolute Gasteiger partial charge is 0.481 e. The number of hydrogen-bond acceptors (Lipinski definition) is 3. The monoisotopic (exact) mass is 264 g/mol. The van der Waals surface area contributed by atoms with Gasteiger partial charge in [0.25, 0.3) is 5.91 Å². The average Bonchev–Trinajstić information content (AvgIpc) is 2.96. The van der Waals surface area contributed by atoms with Crippen LogP contribution in [0.1, 0.15) is 47.0 Å². The fraction of sp³-hybridized carbons (Fsp3) is 0.462. The molecule has 1 saturated carbocycles. The highest BCUT2D eigenvalue weighted by Gasteiger charge is 2.30. The topological polar surface area (TPSA) is 99.3 Å². The van der Waals surface area contributed by atoms with Gasteiger partial charge in [0, 0.05) is 17.8 Å². The second-order valence-corrected chi connectivity index (χ2v) is 4.88. The molecule has 2 rings (SSSR count). The summed E-state index contributed by atoms with van der Waals surface area (Å²) in [6, 6.07) is 1.39. The van der Waals surface area contributed by atoms with Crippen molar-refractivity contribution in [3.05, 3.63) is 23.5 Å². The lowest BCUT2D eigenvalue weighted by atomic mass is 10.1. The van der Waals surface area contributed by atoms with Crippen molar-refractivity contribution >= 4 is 17.7 Å². The molecule has 1 fully saturated rings. The first-order chi connectivity index (χ1) is 8.97. The van der Waals surface area contributed by atoms with E-state index in [1.54, 1.807) is 0 Å². The van der Waals surface area contributed by atoms with Crippen molar-refractivity contribution in [1.82, 2.24) is 10.3 Å². The number of nitrogens with one attached hydrogen (secondary N) is 2. The summed E-state index contributed by atoms with van der Waals surface area (Å²) < 4.78 is 0. The summed E-state index contributed by atoms with van der Waals surface area (Å²) in [4.78, 5) is 36.6. The predicted octanol–water partition coefficient (Wildman–Crippen LogP) is 1.20. The second kappa shape index (κ2) is 5.26. The van der Waals surface area contributed by atoms with Gasteiger partial charge in [-0.05, 0) is 32.3 Å². The number of carbonyl (C=O) groups excluding carboxylic acids is 2. The second-order valence-electron chi connectivity index (χ2n) is 4.88. The van der Waals surface area contributed by atoms with Crippen LogP contribution in [0.5, 0.6) is 0 Å². The molecule has 0 radical (unpaired) electrons. The van der Waals surface area contributed by atoms with E-state index in [0.29, 0.717) is 30.5 Å². The summed E-state index contributed by atoms with van der Waals surface area (Å²) in [6.07, 6.45) is 3.21. The Bertz CT molecular complexity index is 520. The Kier molecular flexibility index (Phi) is 3.69. The van der Waals surface area contributed by atoms with Gasteiger partial charge in [0.05, 0.1) is 5.92 Å². The van der Waals surface area contributed by atoms with E-state index in [0.717, 1.165) is 0 Å². The molecule has 1 aliphatic rings. The Hall–Kier alpha value is -2.11. The SMILES string of the molecule is CC(=O)c1c[nH]c(C(=O)N[C@@H]2CC[C@H](C(=O)O)C2)c1. The van der Waals surface area contributed by atoms with E-state index in [2.05, 4.69) is 10.3 Å². The van der Waals surface area contributed by atoms with E-state index in [-0.39, 0.29) is 23.7 Å². The van der Waals surface area contributed by atoms with Crippen molar-refractivity contribution < 1.29 is 19.5 Å². The van der Waals surface area contributed by atoms with Crippen LogP contribution in [0.15, 0.2) is 12.3 Å². The lowest BCUT2D eigenvalue weighted by Crippen LogP contribution is -2.33. The van der Waals surface area contributed by atoms with Gasteiger partial charge < -0.3 is 15.4 Å². The summed E-state index contributed by atoms with van der Waals surface area (Å²) in [5.41, 5.74) is 0.781. The number of H-pyrrole nitrogens is 1. The molecule has 0 unspecified atom stereocenters. The maximum Gasteiger partial charge on any atom is 0.306 e. The van der Waals surface area contributed by atoms with Crippen molar-refractivity contribution in [2.75, 3.05) is 0 Å². The third kappa shape index (κ3) is 3.01. The van der Waals surface area contributed by atoms with E-state index >= 15 is 0 Å². The van der Waals surface area contributed by atoms with Gasteiger partial charge in [-0.3, -0.25) is 14.4 Å². The van der Waals surface area contributed by atoms with Gasteiger partial charge in [0.2, 0.25) is 0 Å². The summed E-state index contributed by atoms with van der Waals surface area (Å²) in [5.74, 6) is -1.59. The highest BCUT2D eigenvalue weighted by Crippen LogP contribution is 2.25. The Morgan fingerprint density at radius 3 is 2.63 bits per heavy atom. The zero-order valence-electron chi connectivity index (χ0n) is 10.6. The number of carboxylic acid groups (broad SMARTS) is 1. The minimum absolute atomic E-state index is 0.109. The number of ketones is 1. The van der Waals surface area contributed by atoms with E-state index < -0.39 is 5.97 Å². The van der Waals surface area contributed by atoms with Gasteiger partial charge in [0.1, 0.15) is 5.69 Å². The number of carbonyl (C=O) groups is 3. The van der Waals surface area contributed by atoms with Crippen LogP contribution >= 0.6 is 0 Å². The molecule has 6 nitrogen and oxygen atoms in total. The van der Waals surface area contributed by atoms with Gasteiger partial charge in [0.15, 0.2) is 5.78 Å². The first-order valence-corrected chi connectivity index (χ1v) is 6.20. The molecular formula is C13H16N2O4. The van der Waals surface area contributed by atoms with Crippen molar-refractivity contribution in [1.29, 1.82) is 0 Å². The average molecular weight is 264 g/mol. The van der Waals surface area contributed by atoms with Gasteiger partial charge in [-0.25, -0.2) is 0 Å².